The maximum atomic E-state index is 12.7. The second-order valence-corrected chi connectivity index (χ2v) is 9.66. The molecule has 0 atom stereocenters. The molecule has 0 saturated heterocycles. The molecule has 3 aromatic carbocycles. The fourth-order valence-electron chi connectivity index (χ4n) is 3.33. The van der Waals surface area contributed by atoms with Crippen LogP contribution >= 0.6 is 11.3 Å². The predicted octanol–water partition coefficient (Wildman–Crippen LogP) is 2.35. The average molecular weight is 470 g/mol. The molecular formula is C22H19N3O5S2. The zero-order valence-electron chi connectivity index (χ0n) is 17.0. The van der Waals surface area contributed by atoms with Gasteiger partial charge in [0.25, 0.3) is 5.91 Å². The lowest BCUT2D eigenvalue weighted by molar-refractivity contribution is -0.141. The van der Waals surface area contributed by atoms with Crippen LogP contribution in [-0.4, -0.2) is 32.0 Å². The molecule has 0 aliphatic rings. The number of hydrogen-bond donors (Lipinski definition) is 1. The van der Waals surface area contributed by atoms with E-state index >= 15 is 0 Å². The summed E-state index contributed by atoms with van der Waals surface area (Å²) in [6.07, 6.45) is 0.0831. The van der Waals surface area contributed by atoms with Crippen LogP contribution in [0.2, 0.25) is 0 Å². The molecule has 0 saturated carbocycles. The van der Waals surface area contributed by atoms with Crippen molar-refractivity contribution in [1.82, 2.24) is 4.57 Å². The standard InChI is InChI=1S/C22H19N3O5S2/c1-30-21(27)13-25-18-9-8-17(32(23,28)29)12-19(18)31-22(25)24-20(26)11-14-6-7-15-4-2-3-5-16(15)10-14/h2-10,12H,11,13H2,1H3,(H2,23,28,29). The van der Waals surface area contributed by atoms with E-state index in [1.54, 1.807) is 0 Å². The van der Waals surface area contributed by atoms with E-state index in [0.29, 0.717) is 10.2 Å². The molecule has 0 fully saturated rings. The third-order valence-electron chi connectivity index (χ3n) is 4.89. The first-order valence-corrected chi connectivity index (χ1v) is 11.9. The van der Waals surface area contributed by atoms with Crippen molar-refractivity contribution >= 4 is 54.2 Å². The molecule has 32 heavy (non-hydrogen) atoms. The van der Waals surface area contributed by atoms with E-state index in [1.165, 1.54) is 29.9 Å². The maximum absolute atomic E-state index is 12.7. The van der Waals surface area contributed by atoms with E-state index < -0.39 is 21.9 Å². The minimum atomic E-state index is -3.90. The molecule has 4 rings (SSSR count). The summed E-state index contributed by atoms with van der Waals surface area (Å²) in [5, 5.41) is 7.32. The monoisotopic (exact) mass is 469 g/mol. The number of hydrogen-bond acceptors (Lipinski definition) is 6. The number of amides is 1. The number of nitrogens with zero attached hydrogens (tertiary/aromatic N) is 2. The number of esters is 1. The summed E-state index contributed by atoms with van der Waals surface area (Å²) < 4.78 is 30.2. The number of ether oxygens (including phenoxy) is 1. The lowest BCUT2D eigenvalue weighted by atomic mass is 10.1. The van der Waals surface area contributed by atoms with Crippen LogP contribution in [0.15, 0.2) is 70.6 Å². The largest absolute Gasteiger partial charge is 0.468 e. The number of fused-ring (bicyclic) bond motifs is 2. The first-order valence-electron chi connectivity index (χ1n) is 9.53. The summed E-state index contributed by atoms with van der Waals surface area (Å²) in [6, 6.07) is 17.9. The maximum Gasteiger partial charge on any atom is 0.325 e. The number of rotatable bonds is 5. The number of methoxy groups -OCH3 is 1. The quantitative estimate of drug-likeness (QED) is 0.450. The topological polar surface area (TPSA) is 121 Å². The highest BCUT2D eigenvalue weighted by Gasteiger charge is 2.15. The molecule has 10 heteroatoms. The van der Waals surface area contributed by atoms with Gasteiger partial charge < -0.3 is 9.30 Å². The minimum absolute atomic E-state index is 0.0643. The van der Waals surface area contributed by atoms with Crippen LogP contribution < -0.4 is 9.94 Å². The van der Waals surface area contributed by atoms with E-state index in [9.17, 15) is 18.0 Å². The normalized spacial score (nSPS) is 12.4. The van der Waals surface area contributed by atoms with E-state index in [4.69, 9.17) is 9.88 Å². The van der Waals surface area contributed by atoms with Gasteiger partial charge in [0.1, 0.15) is 6.54 Å². The molecular weight excluding hydrogens is 450 g/mol. The Morgan fingerprint density at radius 1 is 1.06 bits per heavy atom. The minimum Gasteiger partial charge on any atom is -0.468 e. The lowest BCUT2D eigenvalue weighted by Gasteiger charge is -2.04. The Labute approximate surface area is 187 Å². The lowest BCUT2D eigenvalue weighted by Crippen LogP contribution is -2.22. The van der Waals surface area contributed by atoms with Gasteiger partial charge in [-0.15, -0.1) is 0 Å². The Balaban J connectivity index is 1.75. The molecule has 0 unspecified atom stereocenters. The first kappa shape index (κ1) is 21.9. The van der Waals surface area contributed by atoms with E-state index in [1.807, 2.05) is 42.5 Å². The number of carbonyl (C=O) groups excluding carboxylic acids is 2. The molecule has 0 bridgehead atoms. The number of aromatic nitrogens is 1. The Kier molecular flexibility index (Phi) is 5.92. The summed E-state index contributed by atoms with van der Waals surface area (Å²) in [6.45, 7) is -0.173. The van der Waals surface area contributed by atoms with Crippen molar-refractivity contribution in [2.24, 2.45) is 10.1 Å². The van der Waals surface area contributed by atoms with Crippen LogP contribution in [0.4, 0.5) is 0 Å². The molecule has 164 valence electrons. The molecule has 0 aliphatic carbocycles. The SMILES string of the molecule is COC(=O)Cn1c(=NC(=O)Cc2ccc3ccccc3c2)sc2cc(S(N)(=O)=O)ccc21. The third kappa shape index (κ3) is 4.62. The summed E-state index contributed by atoms with van der Waals surface area (Å²) >= 11 is 1.10. The summed E-state index contributed by atoms with van der Waals surface area (Å²) in [4.78, 5) is 29.1. The van der Waals surface area contributed by atoms with Crippen molar-refractivity contribution < 1.29 is 22.7 Å². The van der Waals surface area contributed by atoms with Gasteiger partial charge in [-0.25, -0.2) is 13.6 Å². The highest BCUT2D eigenvalue weighted by atomic mass is 32.2. The van der Waals surface area contributed by atoms with Crippen molar-refractivity contribution in [3.63, 3.8) is 0 Å². The number of carbonyl (C=O) groups is 2. The number of primary sulfonamides is 1. The zero-order valence-corrected chi connectivity index (χ0v) is 18.7. The number of sulfonamides is 1. The first-order chi connectivity index (χ1) is 15.2. The van der Waals surface area contributed by atoms with Gasteiger partial charge in [-0.3, -0.25) is 9.59 Å². The van der Waals surface area contributed by atoms with Gasteiger partial charge in [-0.2, -0.15) is 4.99 Å². The van der Waals surface area contributed by atoms with Crippen molar-refractivity contribution in [1.29, 1.82) is 0 Å². The fourth-order valence-corrected chi connectivity index (χ4v) is 5.03. The highest BCUT2D eigenvalue weighted by molar-refractivity contribution is 7.89. The Morgan fingerprint density at radius 2 is 1.81 bits per heavy atom. The molecule has 2 N–H and O–H groups in total. The van der Waals surface area contributed by atoms with Crippen molar-refractivity contribution in [2.75, 3.05) is 7.11 Å². The predicted molar refractivity (Wildman–Crippen MR) is 121 cm³/mol. The second kappa shape index (κ2) is 8.65. The molecule has 1 amide bonds. The van der Waals surface area contributed by atoms with Crippen LogP contribution in [0.25, 0.3) is 21.0 Å². The second-order valence-electron chi connectivity index (χ2n) is 7.09. The van der Waals surface area contributed by atoms with E-state index in [2.05, 4.69) is 4.99 Å². The molecule has 0 radical (unpaired) electrons. The molecule has 0 aliphatic heterocycles. The van der Waals surface area contributed by atoms with E-state index in [-0.39, 0.29) is 22.7 Å². The Hall–Kier alpha value is -3.34. The van der Waals surface area contributed by atoms with Crippen LogP contribution in [0.5, 0.6) is 0 Å². The zero-order chi connectivity index (χ0) is 22.9. The van der Waals surface area contributed by atoms with Crippen molar-refractivity contribution in [3.8, 4) is 0 Å². The summed E-state index contributed by atoms with van der Waals surface area (Å²) in [7, 11) is -2.64. The molecule has 0 spiro atoms. The van der Waals surface area contributed by atoms with Crippen LogP contribution in [-0.2, 0) is 37.3 Å². The molecule has 1 heterocycles. The number of nitrogens with two attached hydrogens (primary N) is 1. The third-order valence-corrected chi connectivity index (χ3v) is 6.84. The highest BCUT2D eigenvalue weighted by Crippen LogP contribution is 2.22. The van der Waals surface area contributed by atoms with Gasteiger partial charge in [0.2, 0.25) is 10.0 Å². The summed E-state index contributed by atoms with van der Waals surface area (Å²) in [5.74, 6) is -0.916. The number of benzene rings is 3. The van der Waals surface area contributed by atoms with Crippen molar-refractivity contribution in [3.05, 3.63) is 71.0 Å². The molecule has 8 nitrogen and oxygen atoms in total. The summed E-state index contributed by atoms with van der Waals surface area (Å²) in [5.41, 5.74) is 1.36. The van der Waals surface area contributed by atoms with Crippen LogP contribution in [0.3, 0.4) is 0 Å². The van der Waals surface area contributed by atoms with Gasteiger partial charge in [-0.05, 0) is 34.5 Å². The Bertz CT molecular complexity index is 1530. The van der Waals surface area contributed by atoms with Crippen LogP contribution in [0.1, 0.15) is 5.56 Å². The van der Waals surface area contributed by atoms with Gasteiger partial charge >= 0.3 is 5.97 Å². The molecule has 4 aromatic rings. The van der Waals surface area contributed by atoms with Gasteiger partial charge in [0.15, 0.2) is 4.80 Å². The fraction of sp³-hybridized carbons (Fsp3) is 0.136. The molecule has 1 aromatic heterocycles. The van der Waals surface area contributed by atoms with E-state index in [0.717, 1.165) is 27.7 Å². The van der Waals surface area contributed by atoms with Gasteiger partial charge in [-0.1, -0.05) is 53.8 Å². The average Bonchev–Trinajstić information content (AvgIpc) is 3.08. The van der Waals surface area contributed by atoms with Gasteiger partial charge in [0, 0.05) is 0 Å². The number of thiazole rings is 1. The Morgan fingerprint density at radius 3 is 2.53 bits per heavy atom. The van der Waals surface area contributed by atoms with Crippen molar-refractivity contribution in [2.45, 2.75) is 17.9 Å². The van der Waals surface area contributed by atoms with Crippen LogP contribution in [0, 0.1) is 0 Å². The van der Waals surface area contributed by atoms with Gasteiger partial charge in [0.05, 0.1) is 28.6 Å². The smallest absolute Gasteiger partial charge is 0.325 e.